The van der Waals surface area contributed by atoms with Gasteiger partial charge in [0.25, 0.3) is 5.91 Å². The van der Waals surface area contributed by atoms with Crippen LogP contribution in [0.15, 0.2) is 58.8 Å². The zero-order valence-electron chi connectivity index (χ0n) is 15.3. The summed E-state index contributed by atoms with van der Waals surface area (Å²) in [5.74, 6) is 1.38. The summed E-state index contributed by atoms with van der Waals surface area (Å²) in [5, 5.41) is 13.5. The van der Waals surface area contributed by atoms with Crippen molar-refractivity contribution >= 4 is 35.5 Å². The number of hydrogen-bond acceptors (Lipinski definition) is 6. The second-order valence-electron chi connectivity index (χ2n) is 5.73. The normalized spacial score (nSPS) is 11.0. The van der Waals surface area contributed by atoms with E-state index in [-0.39, 0.29) is 11.7 Å². The second kappa shape index (κ2) is 9.38. The van der Waals surface area contributed by atoms with Crippen LogP contribution in [0.2, 0.25) is 5.02 Å². The van der Waals surface area contributed by atoms with Gasteiger partial charge in [-0.15, -0.1) is 10.2 Å². The molecule has 0 aliphatic carbocycles. The van der Waals surface area contributed by atoms with Gasteiger partial charge >= 0.3 is 0 Å². The van der Waals surface area contributed by atoms with Crippen molar-refractivity contribution in [2.45, 2.75) is 5.16 Å². The van der Waals surface area contributed by atoms with Gasteiger partial charge in [0.2, 0.25) is 0 Å². The molecule has 3 aromatic rings. The fourth-order valence-electron chi connectivity index (χ4n) is 2.35. The van der Waals surface area contributed by atoms with Crippen molar-refractivity contribution in [3.05, 3.63) is 59.1 Å². The molecule has 3 rings (SSSR count). The topological polar surface area (TPSA) is 81.4 Å². The fourth-order valence-corrected chi connectivity index (χ4v) is 3.24. The Kier molecular flexibility index (Phi) is 6.67. The fraction of sp³-hybridized carbons (Fsp3) is 0.158. The molecule has 0 unspecified atom stereocenters. The number of carbonyl (C=O) groups excluding carboxylic acids is 1. The second-order valence-corrected chi connectivity index (χ2v) is 7.11. The zero-order chi connectivity index (χ0) is 19.9. The van der Waals surface area contributed by atoms with Crippen molar-refractivity contribution in [1.29, 1.82) is 0 Å². The predicted octanol–water partition coefficient (Wildman–Crippen LogP) is 3.39. The summed E-state index contributed by atoms with van der Waals surface area (Å²) < 4.78 is 6.92. The summed E-state index contributed by atoms with van der Waals surface area (Å²) in [5.41, 5.74) is 4.22. The molecule has 1 amide bonds. The average Bonchev–Trinajstić information content (AvgIpc) is 3.07. The number of benzene rings is 2. The standard InChI is InChI=1S/C19H18ClN5O2S/c1-25-18(14-4-3-5-15(20)10-14)23-24-19(25)28-12-17(26)22-21-11-13-6-8-16(27-2)9-7-13/h3-11H,12H2,1-2H3,(H,22,26)/b21-11+. The first-order chi connectivity index (χ1) is 13.6. The van der Waals surface area contributed by atoms with E-state index in [4.69, 9.17) is 16.3 Å². The van der Waals surface area contributed by atoms with Crippen molar-refractivity contribution in [2.24, 2.45) is 12.1 Å². The number of nitrogens with one attached hydrogen (secondary N) is 1. The van der Waals surface area contributed by atoms with Crippen molar-refractivity contribution < 1.29 is 9.53 Å². The molecule has 0 fully saturated rings. The monoisotopic (exact) mass is 415 g/mol. The number of carbonyl (C=O) groups is 1. The van der Waals surface area contributed by atoms with Gasteiger partial charge in [-0.25, -0.2) is 5.43 Å². The number of methoxy groups -OCH3 is 1. The van der Waals surface area contributed by atoms with E-state index in [1.807, 2.05) is 54.1 Å². The summed E-state index contributed by atoms with van der Waals surface area (Å²) in [6, 6.07) is 14.7. The molecular weight excluding hydrogens is 398 g/mol. The van der Waals surface area contributed by atoms with E-state index >= 15 is 0 Å². The van der Waals surface area contributed by atoms with E-state index < -0.39 is 0 Å². The van der Waals surface area contributed by atoms with Crippen LogP contribution in [-0.4, -0.2) is 39.7 Å². The van der Waals surface area contributed by atoms with Crippen LogP contribution in [0.3, 0.4) is 0 Å². The van der Waals surface area contributed by atoms with Gasteiger partial charge in [0.1, 0.15) is 5.75 Å². The minimum Gasteiger partial charge on any atom is -0.497 e. The molecule has 28 heavy (non-hydrogen) atoms. The third kappa shape index (κ3) is 5.11. The van der Waals surface area contributed by atoms with E-state index in [2.05, 4.69) is 20.7 Å². The van der Waals surface area contributed by atoms with Crippen molar-refractivity contribution in [3.63, 3.8) is 0 Å². The van der Waals surface area contributed by atoms with Crippen LogP contribution >= 0.6 is 23.4 Å². The highest BCUT2D eigenvalue weighted by molar-refractivity contribution is 7.99. The summed E-state index contributed by atoms with van der Waals surface area (Å²) >= 11 is 7.31. The molecule has 1 aromatic heterocycles. The van der Waals surface area contributed by atoms with E-state index in [9.17, 15) is 4.79 Å². The van der Waals surface area contributed by atoms with Gasteiger partial charge in [-0.1, -0.05) is 35.5 Å². The van der Waals surface area contributed by atoms with Crippen LogP contribution in [0.1, 0.15) is 5.56 Å². The molecule has 0 saturated heterocycles. The maximum absolute atomic E-state index is 12.0. The number of ether oxygens (including phenoxy) is 1. The summed E-state index contributed by atoms with van der Waals surface area (Å²) in [6.07, 6.45) is 1.57. The molecule has 0 atom stereocenters. The van der Waals surface area contributed by atoms with Gasteiger partial charge in [-0.3, -0.25) is 4.79 Å². The number of hydrogen-bond donors (Lipinski definition) is 1. The summed E-state index contributed by atoms with van der Waals surface area (Å²) in [6.45, 7) is 0. The first-order valence-electron chi connectivity index (χ1n) is 8.31. The smallest absolute Gasteiger partial charge is 0.250 e. The number of thioether (sulfide) groups is 1. The van der Waals surface area contributed by atoms with Crippen molar-refractivity contribution in [3.8, 4) is 17.1 Å². The Hall–Kier alpha value is -2.84. The molecule has 0 radical (unpaired) electrons. The van der Waals surface area contributed by atoms with Gasteiger partial charge in [-0.05, 0) is 42.0 Å². The highest BCUT2D eigenvalue weighted by Gasteiger charge is 2.13. The Morgan fingerprint density at radius 2 is 2.07 bits per heavy atom. The molecule has 1 heterocycles. The number of amides is 1. The van der Waals surface area contributed by atoms with Gasteiger partial charge in [0.15, 0.2) is 11.0 Å². The first kappa shape index (κ1) is 19.9. The predicted molar refractivity (Wildman–Crippen MR) is 111 cm³/mol. The average molecular weight is 416 g/mol. The maximum Gasteiger partial charge on any atom is 0.250 e. The highest BCUT2D eigenvalue weighted by Crippen LogP contribution is 2.24. The van der Waals surface area contributed by atoms with Crippen LogP contribution in [0.5, 0.6) is 5.75 Å². The molecule has 0 saturated carbocycles. The van der Waals surface area contributed by atoms with Crippen LogP contribution in [0.4, 0.5) is 0 Å². The Bertz CT molecular complexity index is 988. The zero-order valence-corrected chi connectivity index (χ0v) is 16.9. The van der Waals surface area contributed by atoms with Crippen LogP contribution < -0.4 is 10.2 Å². The van der Waals surface area contributed by atoms with Crippen LogP contribution in [0, 0.1) is 0 Å². The SMILES string of the molecule is COc1ccc(/C=N/NC(=O)CSc2nnc(-c3cccc(Cl)c3)n2C)cc1. The largest absolute Gasteiger partial charge is 0.497 e. The molecule has 7 nitrogen and oxygen atoms in total. The molecule has 2 aromatic carbocycles. The minimum atomic E-state index is -0.234. The van der Waals surface area contributed by atoms with Gasteiger partial charge in [0.05, 0.1) is 19.1 Å². The van der Waals surface area contributed by atoms with Crippen LogP contribution in [0.25, 0.3) is 11.4 Å². The number of nitrogens with zero attached hydrogens (tertiary/aromatic N) is 4. The van der Waals surface area contributed by atoms with Crippen molar-refractivity contribution in [1.82, 2.24) is 20.2 Å². The Morgan fingerprint density at radius 3 is 2.79 bits per heavy atom. The third-order valence-corrected chi connectivity index (χ3v) is 5.02. The lowest BCUT2D eigenvalue weighted by Crippen LogP contribution is -2.19. The Morgan fingerprint density at radius 1 is 1.29 bits per heavy atom. The van der Waals surface area contributed by atoms with E-state index in [1.165, 1.54) is 11.8 Å². The van der Waals surface area contributed by atoms with E-state index in [0.717, 1.165) is 16.9 Å². The molecule has 1 N–H and O–H groups in total. The molecule has 0 aliphatic rings. The maximum atomic E-state index is 12.0. The lowest BCUT2D eigenvalue weighted by molar-refractivity contribution is -0.118. The molecular formula is C19H18ClN5O2S. The Balaban J connectivity index is 1.54. The molecule has 144 valence electrons. The number of hydrazone groups is 1. The Labute approximate surface area is 171 Å². The van der Waals surface area contributed by atoms with Crippen molar-refractivity contribution in [2.75, 3.05) is 12.9 Å². The molecule has 0 spiro atoms. The van der Waals surface area contributed by atoms with Gasteiger partial charge in [0, 0.05) is 17.6 Å². The highest BCUT2D eigenvalue weighted by atomic mass is 35.5. The number of aromatic nitrogens is 3. The van der Waals surface area contributed by atoms with E-state index in [0.29, 0.717) is 16.0 Å². The van der Waals surface area contributed by atoms with Gasteiger partial charge in [-0.2, -0.15) is 5.10 Å². The molecule has 0 aliphatic heterocycles. The lowest BCUT2D eigenvalue weighted by atomic mass is 10.2. The number of halogens is 1. The molecule has 9 heteroatoms. The third-order valence-electron chi connectivity index (χ3n) is 3.77. The quantitative estimate of drug-likeness (QED) is 0.363. The van der Waals surface area contributed by atoms with Crippen LogP contribution in [-0.2, 0) is 11.8 Å². The minimum absolute atomic E-state index is 0.168. The molecule has 0 bridgehead atoms. The first-order valence-corrected chi connectivity index (χ1v) is 9.67. The summed E-state index contributed by atoms with van der Waals surface area (Å²) in [4.78, 5) is 12.0. The van der Waals surface area contributed by atoms with Gasteiger partial charge < -0.3 is 9.30 Å². The number of rotatable bonds is 7. The van der Waals surface area contributed by atoms with E-state index in [1.54, 1.807) is 19.4 Å². The summed E-state index contributed by atoms with van der Waals surface area (Å²) in [7, 11) is 3.45. The lowest BCUT2D eigenvalue weighted by Gasteiger charge is -2.04.